The molecule has 3 aromatic carbocycles. The standard InChI is InChI=1S/C34H33F3N6O/c1-2-24-28(36)9-4-19-12-21(38)13-27(29(19)24)25-7-8-26-31(30(25)37)40-33(41-32(26)42-16-22-5-6-23(17-42)39-22)44-18-34-10-3-11-43(34)15-20(35)14-34/h1,4,7-9,12-13,20,22-23,39H,3,5-6,10-11,14-18,38H2/t20-,22?,23?,34?/m1/s1. The van der Waals surface area contributed by atoms with E-state index in [1.54, 1.807) is 24.3 Å². The molecular formula is C34H33F3N6O. The zero-order valence-corrected chi connectivity index (χ0v) is 24.3. The van der Waals surface area contributed by atoms with Gasteiger partial charge in [-0.3, -0.25) is 4.90 Å². The van der Waals surface area contributed by atoms with Crippen LogP contribution < -0.4 is 20.7 Å². The number of ether oxygens (including phenoxy) is 1. The Balaban J connectivity index is 1.28. The highest BCUT2D eigenvalue weighted by molar-refractivity contribution is 6.04. The molecule has 4 aliphatic rings. The summed E-state index contributed by atoms with van der Waals surface area (Å²) in [6, 6.07) is 10.4. The Kier molecular flexibility index (Phi) is 6.40. The molecule has 1 aromatic heterocycles. The van der Waals surface area contributed by atoms with Gasteiger partial charge in [0.1, 0.15) is 29.9 Å². The number of alkyl halides is 1. The lowest BCUT2D eigenvalue weighted by molar-refractivity contribution is 0.107. The van der Waals surface area contributed by atoms with Crippen LogP contribution in [0.4, 0.5) is 24.7 Å². The Morgan fingerprint density at radius 2 is 1.89 bits per heavy atom. The molecule has 4 saturated heterocycles. The van der Waals surface area contributed by atoms with Gasteiger partial charge in [-0.15, -0.1) is 6.42 Å². The number of nitrogen functional groups attached to an aromatic ring is 1. The number of hydrogen-bond donors (Lipinski definition) is 2. The summed E-state index contributed by atoms with van der Waals surface area (Å²) in [4.78, 5) is 13.8. The van der Waals surface area contributed by atoms with Crippen LogP contribution in [0.2, 0.25) is 0 Å². The number of nitrogens with zero attached hydrogens (tertiary/aromatic N) is 4. The molecule has 7 nitrogen and oxygen atoms in total. The van der Waals surface area contributed by atoms with Crippen LogP contribution in [-0.4, -0.2) is 71.4 Å². The molecule has 8 rings (SSSR count). The fourth-order valence-corrected chi connectivity index (χ4v) is 8.07. The zero-order chi connectivity index (χ0) is 30.2. The molecule has 5 heterocycles. The molecule has 0 radical (unpaired) electrons. The molecule has 44 heavy (non-hydrogen) atoms. The molecule has 3 N–H and O–H groups in total. The van der Waals surface area contributed by atoms with E-state index in [9.17, 15) is 8.78 Å². The molecule has 0 saturated carbocycles. The third-order valence-electron chi connectivity index (χ3n) is 10.0. The van der Waals surface area contributed by atoms with Gasteiger partial charge in [0.15, 0.2) is 5.82 Å². The van der Waals surface area contributed by atoms with Crippen molar-refractivity contribution in [3.05, 3.63) is 53.6 Å². The van der Waals surface area contributed by atoms with Crippen molar-refractivity contribution in [2.45, 2.75) is 55.9 Å². The monoisotopic (exact) mass is 598 g/mol. The molecule has 4 fully saturated rings. The minimum Gasteiger partial charge on any atom is -0.461 e. The van der Waals surface area contributed by atoms with E-state index in [4.69, 9.17) is 21.9 Å². The molecule has 4 aliphatic heterocycles. The molecule has 3 unspecified atom stereocenters. The number of rotatable bonds is 5. The minimum atomic E-state index is -0.894. The Hall–Kier alpha value is -4.07. The number of anilines is 2. The number of piperazine rings is 1. The molecule has 0 spiro atoms. The highest BCUT2D eigenvalue weighted by Gasteiger charge is 2.49. The van der Waals surface area contributed by atoms with Gasteiger partial charge in [0.25, 0.3) is 0 Å². The van der Waals surface area contributed by atoms with Gasteiger partial charge < -0.3 is 20.7 Å². The predicted molar refractivity (Wildman–Crippen MR) is 165 cm³/mol. The SMILES string of the molecule is C#Cc1c(F)ccc2cc(N)cc(-c3ccc4c(N5CC6CCC(C5)N6)nc(OCC56CCCN5C[C@H](F)C6)nc4c3F)c12. The van der Waals surface area contributed by atoms with Gasteiger partial charge in [-0.1, -0.05) is 18.1 Å². The third-order valence-corrected chi connectivity index (χ3v) is 10.0. The van der Waals surface area contributed by atoms with Gasteiger partial charge in [0.05, 0.1) is 11.1 Å². The first-order valence-electron chi connectivity index (χ1n) is 15.3. The van der Waals surface area contributed by atoms with E-state index >= 15 is 4.39 Å². The number of benzene rings is 3. The maximum atomic E-state index is 16.8. The van der Waals surface area contributed by atoms with Gasteiger partial charge in [0, 0.05) is 60.2 Å². The first-order valence-corrected chi connectivity index (χ1v) is 15.3. The number of nitrogens with one attached hydrogen (secondary N) is 1. The largest absolute Gasteiger partial charge is 0.461 e. The molecular weight excluding hydrogens is 565 g/mol. The molecule has 0 amide bonds. The van der Waals surface area contributed by atoms with Crippen molar-refractivity contribution in [3.8, 4) is 29.5 Å². The van der Waals surface area contributed by atoms with E-state index < -0.39 is 23.3 Å². The number of halogens is 3. The molecule has 2 bridgehead atoms. The second kappa shape index (κ2) is 10.2. The van der Waals surface area contributed by atoms with Gasteiger partial charge in [-0.05, 0) is 67.4 Å². The Labute approximate surface area is 253 Å². The summed E-state index contributed by atoms with van der Waals surface area (Å²) >= 11 is 0. The number of hydrogen-bond acceptors (Lipinski definition) is 7. The highest BCUT2D eigenvalue weighted by atomic mass is 19.1. The van der Waals surface area contributed by atoms with Crippen molar-refractivity contribution >= 4 is 33.2 Å². The number of terminal acetylenes is 1. The van der Waals surface area contributed by atoms with Crippen LogP contribution in [0, 0.1) is 24.0 Å². The summed E-state index contributed by atoms with van der Waals surface area (Å²) in [5.74, 6) is 1.88. The second-order valence-corrected chi connectivity index (χ2v) is 12.8. The lowest BCUT2D eigenvalue weighted by Crippen LogP contribution is -2.51. The van der Waals surface area contributed by atoms with Crippen molar-refractivity contribution < 1.29 is 17.9 Å². The molecule has 10 heteroatoms. The fraction of sp³-hybridized carbons (Fsp3) is 0.412. The molecule has 226 valence electrons. The lowest BCUT2D eigenvalue weighted by atomic mass is 9.92. The van der Waals surface area contributed by atoms with Gasteiger partial charge in [-0.25, -0.2) is 13.2 Å². The summed E-state index contributed by atoms with van der Waals surface area (Å²) in [7, 11) is 0. The van der Waals surface area contributed by atoms with Gasteiger partial charge in [0.2, 0.25) is 0 Å². The Bertz CT molecular complexity index is 1850. The van der Waals surface area contributed by atoms with E-state index in [-0.39, 0.29) is 29.3 Å². The fourth-order valence-electron chi connectivity index (χ4n) is 8.07. The summed E-state index contributed by atoms with van der Waals surface area (Å²) in [6.07, 6.45) is 9.20. The normalized spacial score (nSPS) is 26.4. The first kappa shape index (κ1) is 27.5. The third kappa shape index (κ3) is 4.36. The van der Waals surface area contributed by atoms with Crippen LogP contribution in [-0.2, 0) is 0 Å². The highest BCUT2D eigenvalue weighted by Crippen LogP contribution is 2.42. The molecule has 4 atom stereocenters. The van der Waals surface area contributed by atoms with E-state index in [0.29, 0.717) is 58.3 Å². The lowest BCUT2D eigenvalue weighted by Gasteiger charge is -2.34. The van der Waals surface area contributed by atoms with Crippen molar-refractivity contribution in [3.63, 3.8) is 0 Å². The summed E-state index contributed by atoms with van der Waals surface area (Å²) in [6.45, 7) is 2.94. The van der Waals surface area contributed by atoms with Crippen molar-refractivity contribution in [1.29, 1.82) is 0 Å². The summed E-state index contributed by atoms with van der Waals surface area (Å²) < 4.78 is 52.4. The van der Waals surface area contributed by atoms with Gasteiger partial charge in [-0.2, -0.15) is 9.97 Å². The molecule has 0 aliphatic carbocycles. The van der Waals surface area contributed by atoms with E-state index in [1.165, 1.54) is 6.07 Å². The van der Waals surface area contributed by atoms with Crippen LogP contribution in [0.15, 0.2) is 36.4 Å². The Morgan fingerprint density at radius 3 is 2.68 bits per heavy atom. The number of aromatic nitrogens is 2. The maximum Gasteiger partial charge on any atom is 0.319 e. The van der Waals surface area contributed by atoms with Crippen molar-refractivity contribution in [2.24, 2.45) is 0 Å². The van der Waals surface area contributed by atoms with Crippen LogP contribution >= 0.6 is 0 Å². The van der Waals surface area contributed by atoms with Gasteiger partial charge >= 0.3 is 6.01 Å². The van der Waals surface area contributed by atoms with Crippen molar-refractivity contribution in [2.75, 3.05) is 43.4 Å². The smallest absolute Gasteiger partial charge is 0.319 e. The first-order chi connectivity index (χ1) is 21.3. The average molecular weight is 599 g/mol. The summed E-state index contributed by atoms with van der Waals surface area (Å²) in [5, 5.41) is 5.21. The number of fused-ring (bicyclic) bond motifs is 5. The average Bonchev–Trinajstić information content (AvgIpc) is 3.66. The van der Waals surface area contributed by atoms with E-state index in [2.05, 4.69) is 26.0 Å². The van der Waals surface area contributed by atoms with Crippen LogP contribution in [0.1, 0.15) is 37.7 Å². The molecule has 4 aromatic rings. The second-order valence-electron chi connectivity index (χ2n) is 12.8. The summed E-state index contributed by atoms with van der Waals surface area (Å²) in [5.41, 5.74) is 6.95. The van der Waals surface area contributed by atoms with Crippen LogP contribution in [0.3, 0.4) is 0 Å². The van der Waals surface area contributed by atoms with E-state index in [1.807, 2.05) is 6.07 Å². The Morgan fingerprint density at radius 1 is 1.07 bits per heavy atom. The van der Waals surface area contributed by atoms with Crippen molar-refractivity contribution in [1.82, 2.24) is 20.2 Å². The number of nitrogens with two attached hydrogens (primary N) is 1. The van der Waals surface area contributed by atoms with Crippen LogP contribution in [0.25, 0.3) is 32.8 Å². The zero-order valence-electron chi connectivity index (χ0n) is 24.3. The topological polar surface area (TPSA) is 79.5 Å². The van der Waals surface area contributed by atoms with E-state index in [0.717, 1.165) is 45.3 Å². The predicted octanol–water partition coefficient (Wildman–Crippen LogP) is 5.19. The maximum absolute atomic E-state index is 16.8. The quantitative estimate of drug-likeness (QED) is 0.242. The minimum absolute atomic E-state index is 0.0452. The van der Waals surface area contributed by atoms with Crippen LogP contribution in [0.5, 0.6) is 6.01 Å².